The van der Waals surface area contributed by atoms with Crippen LogP contribution in [0, 0.1) is 5.82 Å². The predicted octanol–water partition coefficient (Wildman–Crippen LogP) is 1.29. The summed E-state index contributed by atoms with van der Waals surface area (Å²) < 4.78 is 52.8. The molecule has 0 spiro atoms. The average molecular weight is 437 g/mol. The van der Waals surface area contributed by atoms with Crippen molar-refractivity contribution in [3.05, 3.63) is 53.8 Å². The van der Waals surface area contributed by atoms with Crippen molar-refractivity contribution >= 4 is 21.9 Å². The van der Waals surface area contributed by atoms with Gasteiger partial charge >= 0.3 is 16.2 Å². The highest BCUT2D eigenvalue weighted by Crippen LogP contribution is 2.27. The van der Waals surface area contributed by atoms with Gasteiger partial charge in [-0.25, -0.2) is 9.18 Å². The smallest absolute Gasteiger partial charge is 0.337 e. The van der Waals surface area contributed by atoms with Gasteiger partial charge in [-0.1, -0.05) is 0 Å². The molecule has 0 aromatic heterocycles. The van der Waals surface area contributed by atoms with Crippen LogP contribution in [-0.2, 0) is 10.2 Å². The van der Waals surface area contributed by atoms with E-state index in [4.69, 9.17) is 9.47 Å². The van der Waals surface area contributed by atoms with E-state index in [0.29, 0.717) is 24.6 Å². The van der Waals surface area contributed by atoms with E-state index in [2.05, 4.69) is 10.0 Å². The minimum absolute atomic E-state index is 0.0340. The number of ether oxygens (including phenoxy) is 2. The molecule has 0 aliphatic carbocycles. The van der Waals surface area contributed by atoms with Gasteiger partial charge in [0.2, 0.25) is 0 Å². The molecule has 2 aliphatic rings. The van der Waals surface area contributed by atoms with E-state index in [-0.39, 0.29) is 42.4 Å². The Labute approximate surface area is 172 Å². The lowest BCUT2D eigenvalue weighted by atomic mass is 10.1. The lowest BCUT2D eigenvalue weighted by molar-refractivity contribution is 0.0696. The van der Waals surface area contributed by atoms with Crippen LogP contribution in [0.25, 0.3) is 0 Å². The summed E-state index contributed by atoms with van der Waals surface area (Å²) in [6, 6.07) is 9.64. The first-order valence-corrected chi connectivity index (χ1v) is 10.7. The van der Waals surface area contributed by atoms with Gasteiger partial charge in [-0.2, -0.15) is 12.7 Å². The van der Waals surface area contributed by atoms with Gasteiger partial charge in [0.15, 0.2) is 0 Å². The quantitative estimate of drug-likeness (QED) is 0.570. The molecule has 2 saturated heterocycles. The first-order chi connectivity index (χ1) is 14.3. The fourth-order valence-electron chi connectivity index (χ4n) is 2.98. The van der Waals surface area contributed by atoms with Crippen LogP contribution in [-0.4, -0.2) is 62.2 Å². The Bertz CT molecular complexity index is 1040. The molecule has 2 aromatic carbocycles. The predicted molar refractivity (Wildman–Crippen MR) is 106 cm³/mol. The Morgan fingerprint density at radius 1 is 1.07 bits per heavy atom. The molecule has 0 bridgehead atoms. The summed E-state index contributed by atoms with van der Waals surface area (Å²) in [6.07, 6.45) is -0.411. The maximum atomic E-state index is 12.9. The molecule has 4 rings (SSSR count). The molecule has 160 valence electrons. The number of benzene rings is 2. The molecule has 0 atom stereocenters. The van der Waals surface area contributed by atoms with Crippen LogP contribution in [0.3, 0.4) is 0 Å². The van der Waals surface area contributed by atoms with Gasteiger partial charge in [-0.3, -0.25) is 4.72 Å². The van der Waals surface area contributed by atoms with Crippen molar-refractivity contribution in [2.24, 2.45) is 0 Å². The van der Waals surface area contributed by atoms with Gasteiger partial charge in [0, 0.05) is 13.1 Å². The summed E-state index contributed by atoms with van der Waals surface area (Å²) >= 11 is 0. The summed E-state index contributed by atoms with van der Waals surface area (Å²) in [5, 5.41) is 12.5. The van der Waals surface area contributed by atoms with Crippen molar-refractivity contribution in [1.82, 2.24) is 9.62 Å². The van der Waals surface area contributed by atoms with Crippen LogP contribution in [0.4, 0.5) is 10.1 Å². The third kappa shape index (κ3) is 4.48. The fraction of sp³-hybridized carbons (Fsp3) is 0.316. The van der Waals surface area contributed by atoms with Crippen molar-refractivity contribution in [2.75, 3.05) is 30.9 Å². The number of nitrogens with zero attached hydrogens (tertiary/aromatic N) is 1. The van der Waals surface area contributed by atoms with Crippen LogP contribution in [0.5, 0.6) is 11.5 Å². The number of hydrogen-bond acceptors (Lipinski definition) is 6. The van der Waals surface area contributed by atoms with Crippen LogP contribution in [0.2, 0.25) is 0 Å². The normalized spacial score (nSPS) is 17.6. The van der Waals surface area contributed by atoms with Crippen molar-refractivity contribution in [3.63, 3.8) is 0 Å². The summed E-state index contributed by atoms with van der Waals surface area (Å²) in [7, 11) is -3.96. The zero-order valence-corrected chi connectivity index (χ0v) is 16.6. The Kier molecular flexibility index (Phi) is 5.50. The second-order valence-corrected chi connectivity index (χ2v) is 8.70. The van der Waals surface area contributed by atoms with E-state index < -0.39 is 16.2 Å². The standard InChI is InChI=1S/C19H20FN3O6S/c20-12-1-3-13(4-2-12)28-16-10-23(11-16)30(26,27)22-18-6-5-14(7-17(18)19(24)25)29-15-8-21-9-15/h1-7,15-16,21-22H,8-11H2,(H,24,25). The van der Waals surface area contributed by atoms with Crippen molar-refractivity contribution in [1.29, 1.82) is 0 Å². The Morgan fingerprint density at radius 2 is 1.70 bits per heavy atom. The van der Waals surface area contributed by atoms with Crippen molar-refractivity contribution in [2.45, 2.75) is 12.2 Å². The van der Waals surface area contributed by atoms with E-state index in [9.17, 15) is 22.7 Å². The lowest BCUT2D eigenvalue weighted by Gasteiger charge is -2.37. The van der Waals surface area contributed by atoms with Crippen LogP contribution >= 0.6 is 0 Å². The topological polar surface area (TPSA) is 117 Å². The third-order valence-electron chi connectivity index (χ3n) is 4.78. The molecule has 2 aliphatic heterocycles. The second kappa shape index (κ2) is 8.09. The fourth-order valence-corrected chi connectivity index (χ4v) is 4.29. The highest BCUT2D eigenvalue weighted by Gasteiger charge is 2.38. The summed E-state index contributed by atoms with van der Waals surface area (Å²) in [6.45, 7) is 1.52. The molecular weight excluding hydrogens is 417 g/mol. The van der Waals surface area contributed by atoms with Crippen LogP contribution in [0.15, 0.2) is 42.5 Å². The van der Waals surface area contributed by atoms with Gasteiger partial charge < -0.3 is 19.9 Å². The van der Waals surface area contributed by atoms with Crippen molar-refractivity contribution < 1.29 is 32.2 Å². The molecule has 0 saturated carbocycles. The number of halogens is 1. The number of carboxylic acid groups (broad SMARTS) is 1. The number of nitrogens with one attached hydrogen (secondary N) is 2. The van der Waals surface area contributed by atoms with Crippen molar-refractivity contribution in [3.8, 4) is 11.5 Å². The number of carboxylic acids is 1. The molecule has 2 aromatic rings. The zero-order valence-electron chi connectivity index (χ0n) is 15.7. The SMILES string of the molecule is O=C(O)c1cc(OC2CNC2)ccc1NS(=O)(=O)N1CC(Oc2ccc(F)cc2)C1. The Hall–Kier alpha value is -2.89. The number of aromatic carboxylic acids is 1. The molecule has 2 heterocycles. The number of hydrogen-bond donors (Lipinski definition) is 3. The summed E-state index contributed by atoms with van der Waals surface area (Å²) in [4.78, 5) is 11.6. The molecule has 0 radical (unpaired) electrons. The monoisotopic (exact) mass is 437 g/mol. The lowest BCUT2D eigenvalue weighted by Crippen LogP contribution is -2.57. The maximum absolute atomic E-state index is 12.9. The van der Waals surface area contributed by atoms with Gasteiger partial charge in [-0.15, -0.1) is 0 Å². The average Bonchev–Trinajstić information content (AvgIpc) is 2.62. The van der Waals surface area contributed by atoms with E-state index in [1.165, 1.54) is 42.5 Å². The van der Waals surface area contributed by atoms with E-state index in [1.807, 2.05) is 0 Å². The number of anilines is 1. The summed E-state index contributed by atoms with van der Waals surface area (Å²) in [5.41, 5.74) is -0.257. The molecule has 0 unspecified atom stereocenters. The molecule has 2 fully saturated rings. The number of rotatable bonds is 8. The van der Waals surface area contributed by atoms with Gasteiger partial charge in [0.25, 0.3) is 0 Å². The minimum atomic E-state index is -3.96. The van der Waals surface area contributed by atoms with Gasteiger partial charge in [-0.05, 0) is 42.5 Å². The highest BCUT2D eigenvalue weighted by atomic mass is 32.2. The third-order valence-corrected chi connectivity index (χ3v) is 6.23. The van der Waals surface area contributed by atoms with E-state index >= 15 is 0 Å². The van der Waals surface area contributed by atoms with Gasteiger partial charge in [0.1, 0.15) is 29.5 Å². The molecule has 11 heteroatoms. The second-order valence-electron chi connectivity index (χ2n) is 7.03. The largest absolute Gasteiger partial charge is 0.488 e. The van der Waals surface area contributed by atoms with Gasteiger partial charge in [0.05, 0.1) is 24.3 Å². The molecular formula is C19H20FN3O6S. The molecule has 30 heavy (non-hydrogen) atoms. The van der Waals surface area contributed by atoms with E-state index in [0.717, 1.165) is 4.31 Å². The maximum Gasteiger partial charge on any atom is 0.337 e. The van der Waals surface area contributed by atoms with Crippen LogP contribution in [0.1, 0.15) is 10.4 Å². The first-order valence-electron chi connectivity index (χ1n) is 9.25. The highest BCUT2D eigenvalue weighted by molar-refractivity contribution is 7.90. The zero-order chi connectivity index (χ0) is 21.3. The van der Waals surface area contributed by atoms with Crippen LogP contribution < -0.4 is 19.5 Å². The minimum Gasteiger partial charge on any atom is -0.488 e. The number of carbonyl (C=O) groups is 1. The molecule has 0 amide bonds. The molecule has 9 nitrogen and oxygen atoms in total. The summed E-state index contributed by atoms with van der Waals surface area (Å²) in [5.74, 6) is -0.860. The Morgan fingerprint density at radius 3 is 2.30 bits per heavy atom. The Balaban J connectivity index is 1.39. The van der Waals surface area contributed by atoms with E-state index in [1.54, 1.807) is 0 Å². The first kappa shape index (κ1) is 20.4. The molecule has 3 N–H and O–H groups in total.